The number of ether oxygens (including phenoxy) is 1. The van der Waals surface area contributed by atoms with Crippen molar-refractivity contribution in [1.29, 1.82) is 0 Å². The first-order valence-electron chi connectivity index (χ1n) is 11.2. The topological polar surface area (TPSA) is 52.1 Å². The first-order chi connectivity index (χ1) is 14.1. The molecule has 1 aromatic rings. The fourth-order valence-electron chi connectivity index (χ4n) is 3.76. The van der Waals surface area contributed by atoms with Gasteiger partial charge in [0.1, 0.15) is 5.75 Å². The summed E-state index contributed by atoms with van der Waals surface area (Å²) >= 11 is 0. The molecule has 0 aliphatic carbocycles. The van der Waals surface area contributed by atoms with E-state index in [9.17, 15) is 0 Å². The van der Waals surface area contributed by atoms with Crippen molar-refractivity contribution in [3.8, 4) is 5.75 Å². The molecule has 1 fully saturated rings. The number of nitrogens with one attached hydrogen (secondary N) is 2. The Hall–Kier alpha value is -1.95. The van der Waals surface area contributed by atoms with Crippen LogP contribution in [0.3, 0.4) is 0 Å². The van der Waals surface area contributed by atoms with E-state index in [-0.39, 0.29) is 0 Å². The van der Waals surface area contributed by atoms with Crippen LogP contribution in [-0.2, 0) is 0 Å². The predicted octanol–water partition coefficient (Wildman–Crippen LogP) is 3.34. The van der Waals surface area contributed by atoms with Crippen LogP contribution in [0.1, 0.15) is 45.4 Å². The van der Waals surface area contributed by atoms with Gasteiger partial charge in [-0.25, -0.2) is 0 Å². The first-order valence-corrected chi connectivity index (χ1v) is 11.2. The molecule has 1 aliphatic rings. The highest BCUT2D eigenvalue weighted by Gasteiger charge is 2.25. The van der Waals surface area contributed by atoms with Crippen LogP contribution >= 0.6 is 0 Å². The minimum Gasteiger partial charge on any atom is -0.495 e. The fraction of sp³-hybridized carbons (Fsp3) is 0.696. The molecule has 1 heterocycles. The molecule has 2 N–H and O–H groups in total. The summed E-state index contributed by atoms with van der Waals surface area (Å²) in [5, 5.41) is 7.03. The molecule has 6 heteroatoms. The maximum atomic E-state index is 5.52. The maximum absolute atomic E-state index is 5.52. The van der Waals surface area contributed by atoms with Gasteiger partial charge in [-0.15, -0.1) is 0 Å². The number of nitrogens with zero attached hydrogens (tertiary/aromatic N) is 3. The van der Waals surface area contributed by atoms with Gasteiger partial charge in [0.15, 0.2) is 5.96 Å². The number of benzene rings is 1. The summed E-state index contributed by atoms with van der Waals surface area (Å²) in [7, 11) is 6.02. The normalized spacial score (nSPS) is 17.1. The van der Waals surface area contributed by atoms with Gasteiger partial charge in [0.2, 0.25) is 0 Å². The lowest BCUT2D eigenvalue weighted by molar-refractivity contribution is 0.390. The summed E-state index contributed by atoms with van der Waals surface area (Å²) in [4.78, 5) is 9.45. The van der Waals surface area contributed by atoms with Crippen LogP contribution in [0.2, 0.25) is 0 Å². The third-order valence-electron chi connectivity index (χ3n) is 5.33. The number of hydrogen-bond acceptors (Lipinski definition) is 4. The monoisotopic (exact) mass is 403 g/mol. The van der Waals surface area contributed by atoms with E-state index in [1.165, 1.54) is 37.9 Å². The van der Waals surface area contributed by atoms with E-state index in [2.05, 4.69) is 53.6 Å². The summed E-state index contributed by atoms with van der Waals surface area (Å²) in [5.74, 6) is 1.89. The van der Waals surface area contributed by atoms with E-state index in [0.29, 0.717) is 6.04 Å². The molecular formula is C23H41N5O. The van der Waals surface area contributed by atoms with Crippen molar-refractivity contribution in [3.05, 3.63) is 24.3 Å². The van der Waals surface area contributed by atoms with Crippen LogP contribution < -0.4 is 20.3 Å². The SMILES string of the molecule is CCNC(=NCCCCCCCN(C)C)NC1CCN(c2ccccc2OC)C1. The summed E-state index contributed by atoms with van der Waals surface area (Å²) in [6.45, 7) is 7.10. The summed E-state index contributed by atoms with van der Waals surface area (Å²) in [5.41, 5.74) is 1.18. The lowest BCUT2D eigenvalue weighted by Crippen LogP contribution is -2.44. The quantitative estimate of drug-likeness (QED) is 0.318. The lowest BCUT2D eigenvalue weighted by atomic mass is 10.1. The van der Waals surface area contributed by atoms with Gasteiger partial charge in [-0.2, -0.15) is 0 Å². The molecule has 29 heavy (non-hydrogen) atoms. The van der Waals surface area contributed by atoms with E-state index >= 15 is 0 Å². The molecule has 1 atom stereocenters. The van der Waals surface area contributed by atoms with Crippen molar-refractivity contribution < 1.29 is 4.74 Å². The Morgan fingerprint density at radius 1 is 1.17 bits per heavy atom. The molecule has 1 unspecified atom stereocenters. The fourth-order valence-corrected chi connectivity index (χ4v) is 3.76. The van der Waals surface area contributed by atoms with Crippen LogP contribution in [0.5, 0.6) is 5.75 Å². The van der Waals surface area contributed by atoms with Gasteiger partial charge in [0, 0.05) is 32.2 Å². The van der Waals surface area contributed by atoms with Gasteiger partial charge >= 0.3 is 0 Å². The van der Waals surface area contributed by atoms with Crippen molar-refractivity contribution in [2.24, 2.45) is 4.99 Å². The molecule has 0 radical (unpaired) electrons. The highest BCUT2D eigenvalue weighted by molar-refractivity contribution is 5.80. The summed E-state index contributed by atoms with van der Waals surface area (Å²) in [6.07, 6.45) is 7.46. The number of guanidine groups is 1. The minimum absolute atomic E-state index is 0.406. The minimum atomic E-state index is 0.406. The van der Waals surface area contributed by atoms with E-state index in [4.69, 9.17) is 9.73 Å². The Labute approximate surface area is 177 Å². The van der Waals surface area contributed by atoms with Gasteiger partial charge in [0.25, 0.3) is 0 Å². The molecule has 1 aromatic carbocycles. The van der Waals surface area contributed by atoms with Crippen molar-refractivity contribution in [1.82, 2.24) is 15.5 Å². The van der Waals surface area contributed by atoms with Crippen LogP contribution in [0, 0.1) is 0 Å². The number of para-hydroxylation sites is 2. The molecule has 0 spiro atoms. The zero-order valence-corrected chi connectivity index (χ0v) is 18.9. The first kappa shape index (κ1) is 23.3. The zero-order valence-electron chi connectivity index (χ0n) is 18.9. The molecule has 0 bridgehead atoms. The van der Waals surface area contributed by atoms with Gasteiger partial charge in [-0.1, -0.05) is 31.4 Å². The van der Waals surface area contributed by atoms with Gasteiger partial charge in [0.05, 0.1) is 12.8 Å². The Morgan fingerprint density at radius 2 is 1.93 bits per heavy atom. The number of hydrogen-bond donors (Lipinski definition) is 2. The second kappa shape index (κ2) is 13.3. The molecule has 6 nitrogen and oxygen atoms in total. The molecule has 0 amide bonds. The average Bonchev–Trinajstić information content (AvgIpc) is 3.18. The lowest BCUT2D eigenvalue weighted by Gasteiger charge is -2.22. The smallest absolute Gasteiger partial charge is 0.191 e. The average molecular weight is 404 g/mol. The van der Waals surface area contributed by atoms with Gasteiger partial charge in [-0.3, -0.25) is 4.99 Å². The Balaban J connectivity index is 1.73. The third-order valence-corrected chi connectivity index (χ3v) is 5.33. The van der Waals surface area contributed by atoms with Gasteiger partial charge in [-0.05, 0) is 59.0 Å². The van der Waals surface area contributed by atoms with Crippen LogP contribution in [0.4, 0.5) is 5.69 Å². The predicted molar refractivity (Wildman–Crippen MR) is 124 cm³/mol. The van der Waals surface area contributed by atoms with Crippen molar-refractivity contribution in [3.63, 3.8) is 0 Å². The molecular weight excluding hydrogens is 362 g/mol. The van der Waals surface area contributed by atoms with Crippen molar-refractivity contribution in [2.45, 2.75) is 51.5 Å². The molecule has 0 aromatic heterocycles. The third kappa shape index (κ3) is 8.52. The number of anilines is 1. The van der Waals surface area contributed by atoms with E-state index in [1.54, 1.807) is 7.11 Å². The zero-order chi connectivity index (χ0) is 20.9. The van der Waals surface area contributed by atoms with Crippen LogP contribution in [0.25, 0.3) is 0 Å². The second-order valence-electron chi connectivity index (χ2n) is 8.08. The second-order valence-corrected chi connectivity index (χ2v) is 8.08. The summed E-state index contributed by atoms with van der Waals surface area (Å²) in [6, 6.07) is 8.67. The number of methoxy groups -OCH3 is 1. The number of unbranched alkanes of at least 4 members (excludes halogenated alkanes) is 4. The molecule has 0 saturated carbocycles. The van der Waals surface area contributed by atoms with E-state index < -0.39 is 0 Å². The van der Waals surface area contributed by atoms with Crippen molar-refractivity contribution >= 4 is 11.6 Å². The largest absolute Gasteiger partial charge is 0.495 e. The summed E-state index contributed by atoms with van der Waals surface area (Å²) < 4.78 is 5.52. The Kier molecular flexibility index (Phi) is 10.7. The highest BCUT2D eigenvalue weighted by Crippen LogP contribution is 2.30. The molecule has 2 rings (SSSR count). The Bertz CT molecular complexity index is 605. The molecule has 1 aliphatic heterocycles. The van der Waals surface area contributed by atoms with Crippen LogP contribution in [-0.4, -0.2) is 70.8 Å². The Morgan fingerprint density at radius 3 is 2.69 bits per heavy atom. The van der Waals surface area contributed by atoms with E-state index in [1.807, 2.05) is 12.1 Å². The standard InChI is InChI=1S/C23H41N5O/c1-5-24-23(25-16-11-7-6-8-12-17-27(2)3)26-20-15-18-28(19-20)21-13-9-10-14-22(21)29-4/h9-10,13-14,20H,5-8,11-12,15-19H2,1-4H3,(H2,24,25,26). The van der Waals surface area contributed by atoms with Gasteiger partial charge < -0.3 is 25.2 Å². The maximum Gasteiger partial charge on any atom is 0.191 e. The van der Waals surface area contributed by atoms with E-state index in [0.717, 1.165) is 50.7 Å². The van der Waals surface area contributed by atoms with Crippen molar-refractivity contribution in [2.75, 3.05) is 58.8 Å². The van der Waals surface area contributed by atoms with Crippen LogP contribution in [0.15, 0.2) is 29.3 Å². The molecule has 1 saturated heterocycles. The number of aliphatic imine (C=N–C) groups is 1. The highest BCUT2D eigenvalue weighted by atomic mass is 16.5. The number of rotatable bonds is 12. The molecule has 164 valence electrons.